The van der Waals surface area contributed by atoms with Gasteiger partial charge in [-0.05, 0) is 42.2 Å². The molecule has 10 heteroatoms. The second kappa shape index (κ2) is 9.69. The third-order valence-corrected chi connectivity index (χ3v) is 7.95. The van der Waals surface area contributed by atoms with Crippen molar-refractivity contribution in [2.45, 2.75) is 38.0 Å². The molecule has 0 spiro atoms. The molecule has 1 aromatic carbocycles. The van der Waals surface area contributed by atoms with Crippen molar-refractivity contribution in [1.29, 1.82) is 0 Å². The molecule has 200 valence electrons. The summed E-state index contributed by atoms with van der Waals surface area (Å²) in [5.74, 6) is 0.385. The molecule has 0 radical (unpaired) electrons. The van der Waals surface area contributed by atoms with Crippen LogP contribution in [0.2, 0.25) is 0 Å². The van der Waals surface area contributed by atoms with E-state index >= 15 is 0 Å². The number of benzene rings is 1. The van der Waals surface area contributed by atoms with E-state index in [2.05, 4.69) is 26.6 Å². The minimum atomic E-state index is -0.795. The van der Waals surface area contributed by atoms with E-state index in [9.17, 15) is 13.6 Å². The van der Waals surface area contributed by atoms with Gasteiger partial charge >= 0.3 is 0 Å². The first kappa shape index (κ1) is 24.2. The first-order valence-electron chi connectivity index (χ1n) is 13.3. The highest BCUT2D eigenvalue weighted by molar-refractivity contribution is 6.06. The van der Waals surface area contributed by atoms with Crippen molar-refractivity contribution in [2.75, 3.05) is 31.6 Å². The van der Waals surface area contributed by atoms with Crippen LogP contribution < -0.4 is 10.6 Å². The molecular weight excluding hydrogens is 502 g/mol. The number of carbonyl (C=O) groups excluding carboxylic acids is 1. The van der Waals surface area contributed by atoms with Gasteiger partial charge in [-0.1, -0.05) is 12.1 Å². The summed E-state index contributed by atoms with van der Waals surface area (Å²) in [4.78, 5) is 24.4. The van der Waals surface area contributed by atoms with E-state index in [4.69, 9.17) is 9.72 Å². The Hall–Kier alpha value is -3.89. The van der Waals surface area contributed by atoms with Crippen LogP contribution in [-0.2, 0) is 17.8 Å². The normalized spacial score (nSPS) is 21.0. The number of hydrogen-bond acceptors (Lipinski definition) is 6. The zero-order valence-electron chi connectivity index (χ0n) is 21.3. The smallest absolute Gasteiger partial charge is 0.254 e. The van der Waals surface area contributed by atoms with Gasteiger partial charge < -0.3 is 15.4 Å². The van der Waals surface area contributed by atoms with Crippen molar-refractivity contribution in [1.82, 2.24) is 24.6 Å². The van der Waals surface area contributed by atoms with E-state index < -0.39 is 6.17 Å². The number of rotatable bonds is 6. The first-order valence-corrected chi connectivity index (χ1v) is 13.3. The highest BCUT2D eigenvalue weighted by Gasteiger charge is 2.29. The van der Waals surface area contributed by atoms with Gasteiger partial charge in [-0.3, -0.25) is 14.1 Å². The lowest BCUT2D eigenvalue weighted by atomic mass is 9.96. The standard InChI is InChI=1S/C29H28F2N6O2/c30-18-6-9-37-25(13-32-27(37)11-18)21-1-3-23(28-22(21)12-33-29(28)38)34-26-4-2-20(17-7-10-39-16-17)24(35-26)15-36-8-5-19(31)14-36/h1-4,6,9,11,13,17,19H,5,7-8,10,12,14-16H2,(H,33,38)(H,34,35)/t17-,19+/m1/s1. The molecule has 7 rings (SSSR count). The maximum atomic E-state index is 13.9. The third kappa shape index (κ3) is 4.43. The average Bonchev–Trinajstić information content (AvgIpc) is 3.73. The van der Waals surface area contributed by atoms with Crippen molar-refractivity contribution < 1.29 is 18.3 Å². The highest BCUT2D eigenvalue weighted by Crippen LogP contribution is 2.36. The summed E-state index contributed by atoms with van der Waals surface area (Å²) in [7, 11) is 0. The number of aromatic nitrogens is 3. The summed E-state index contributed by atoms with van der Waals surface area (Å²) < 4.78 is 35.0. The number of ether oxygens (including phenoxy) is 1. The number of nitrogens with zero attached hydrogens (tertiary/aromatic N) is 4. The Morgan fingerprint density at radius 2 is 2.10 bits per heavy atom. The molecule has 2 atom stereocenters. The van der Waals surface area contributed by atoms with E-state index in [-0.39, 0.29) is 17.6 Å². The van der Waals surface area contributed by atoms with E-state index in [1.165, 1.54) is 12.1 Å². The Balaban J connectivity index is 1.24. The number of halogens is 2. The van der Waals surface area contributed by atoms with E-state index in [1.54, 1.807) is 12.4 Å². The van der Waals surface area contributed by atoms with Crippen LogP contribution >= 0.6 is 0 Å². The molecule has 2 N–H and O–H groups in total. The minimum Gasteiger partial charge on any atom is -0.381 e. The second-order valence-electron chi connectivity index (χ2n) is 10.5. The fourth-order valence-electron chi connectivity index (χ4n) is 5.99. The topological polar surface area (TPSA) is 83.8 Å². The van der Waals surface area contributed by atoms with Crippen LogP contribution in [0.1, 0.15) is 45.9 Å². The molecule has 0 bridgehead atoms. The summed E-state index contributed by atoms with van der Waals surface area (Å²) in [6, 6.07) is 10.6. The molecule has 3 aromatic heterocycles. The molecule has 3 aliphatic heterocycles. The fraction of sp³-hybridized carbons (Fsp3) is 0.345. The summed E-state index contributed by atoms with van der Waals surface area (Å²) >= 11 is 0. The molecule has 8 nitrogen and oxygen atoms in total. The number of likely N-dealkylation sites (tertiary alicyclic amines) is 1. The van der Waals surface area contributed by atoms with Gasteiger partial charge in [-0.2, -0.15) is 0 Å². The quantitative estimate of drug-likeness (QED) is 0.380. The van der Waals surface area contributed by atoms with E-state index in [1.807, 2.05) is 22.6 Å². The number of fused-ring (bicyclic) bond motifs is 2. The molecule has 3 aliphatic rings. The monoisotopic (exact) mass is 530 g/mol. The van der Waals surface area contributed by atoms with Crippen LogP contribution in [0.5, 0.6) is 0 Å². The lowest BCUT2D eigenvalue weighted by Gasteiger charge is -2.20. The molecule has 1 amide bonds. The number of anilines is 2. The minimum absolute atomic E-state index is 0.166. The summed E-state index contributed by atoms with van der Waals surface area (Å²) in [5.41, 5.74) is 6.26. The number of imidazole rings is 1. The summed E-state index contributed by atoms with van der Waals surface area (Å²) in [5, 5.41) is 6.31. The molecule has 0 unspecified atom stereocenters. The lowest BCUT2D eigenvalue weighted by molar-refractivity contribution is 0.0966. The SMILES string of the molecule is O=C1NCc2c(-c3cnc4cc(F)ccn34)ccc(Nc3ccc([C@@H]4CCOC4)c(CN4CC[C@H](F)C4)n3)c21. The Morgan fingerprint density at radius 3 is 2.92 bits per heavy atom. The number of alkyl halides is 1. The first-order chi connectivity index (χ1) is 19.0. The van der Waals surface area contributed by atoms with Gasteiger partial charge in [0.15, 0.2) is 0 Å². The molecule has 0 aliphatic carbocycles. The maximum absolute atomic E-state index is 13.9. The van der Waals surface area contributed by atoms with Gasteiger partial charge in [0.1, 0.15) is 23.5 Å². The fourth-order valence-corrected chi connectivity index (χ4v) is 5.99. The average molecular weight is 531 g/mol. The van der Waals surface area contributed by atoms with Crippen molar-refractivity contribution in [3.05, 3.63) is 77.0 Å². The van der Waals surface area contributed by atoms with Crippen LogP contribution in [0.4, 0.5) is 20.3 Å². The van der Waals surface area contributed by atoms with Gasteiger partial charge in [0.05, 0.1) is 35.4 Å². The zero-order valence-corrected chi connectivity index (χ0v) is 21.3. The van der Waals surface area contributed by atoms with Crippen molar-refractivity contribution in [3.63, 3.8) is 0 Å². The zero-order chi connectivity index (χ0) is 26.5. The van der Waals surface area contributed by atoms with E-state index in [0.29, 0.717) is 61.9 Å². The molecule has 6 heterocycles. The van der Waals surface area contributed by atoms with Gasteiger partial charge in [-0.25, -0.2) is 18.7 Å². The van der Waals surface area contributed by atoms with Gasteiger partial charge in [0.25, 0.3) is 5.91 Å². The molecule has 0 saturated carbocycles. The van der Waals surface area contributed by atoms with Crippen LogP contribution in [0, 0.1) is 5.82 Å². The third-order valence-electron chi connectivity index (χ3n) is 7.95. The largest absolute Gasteiger partial charge is 0.381 e. The van der Waals surface area contributed by atoms with Gasteiger partial charge in [0.2, 0.25) is 0 Å². The van der Waals surface area contributed by atoms with Gasteiger partial charge in [0, 0.05) is 56.5 Å². The Kier molecular flexibility index (Phi) is 6.01. The molecule has 4 aromatic rings. The van der Waals surface area contributed by atoms with Crippen molar-refractivity contribution in [2.24, 2.45) is 0 Å². The van der Waals surface area contributed by atoms with Crippen LogP contribution in [0.15, 0.2) is 48.8 Å². The number of hydrogen-bond donors (Lipinski definition) is 2. The number of carbonyl (C=O) groups is 1. The predicted octanol–water partition coefficient (Wildman–Crippen LogP) is 4.57. The Labute approximate surface area is 224 Å². The number of nitrogens with one attached hydrogen (secondary N) is 2. The number of amides is 1. The highest BCUT2D eigenvalue weighted by atomic mass is 19.1. The molecule has 2 fully saturated rings. The predicted molar refractivity (Wildman–Crippen MR) is 142 cm³/mol. The van der Waals surface area contributed by atoms with E-state index in [0.717, 1.165) is 41.1 Å². The summed E-state index contributed by atoms with van der Waals surface area (Å²) in [6.45, 7) is 3.49. The number of pyridine rings is 2. The Morgan fingerprint density at radius 1 is 1.18 bits per heavy atom. The Bertz CT molecular complexity index is 1580. The van der Waals surface area contributed by atoms with Gasteiger partial charge in [-0.15, -0.1) is 0 Å². The van der Waals surface area contributed by atoms with Crippen LogP contribution in [0.3, 0.4) is 0 Å². The molecular formula is C29H28F2N6O2. The lowest BCUT2D eigenvalue weighted by Crippen LogP contribution is -2.23. The molecule has 2 saturated heterocycles. The van der Waals surface area contributed by atoms with Crippen LogP contribution in [0.25, 0.3) is 16.9 Å². The van der Waals surface area contributed by atoms with Crippen LogP contribution in [-0.4, -0.2) is 57.7 Å². The molecule has 39 heavy (non-hydrogen) atoms. The van der Waals surface area contributed by atoms with Crippen molar-refractivity contribution >= 4 is 23.1 Å². The maximum Gasteiger partial charge on any atom is 0.254 e. The summed E-state index contributed by atoms with van der Waals surface area (Å²) in [6.07, 6.45) is 4.03. The van der Waals surface area contributed by atoms with Crippen molar-refractivity contribution in [3.8, 4) is 11.3 Å². The second-order valence-corrected chi connectivity index (χ2v) is 10.5.